The van der Waals surface area contributed by atoms with Crippen molar-refractivity contribution in [2.24, 2.45) is 0 Å². The molecule has 4 heteroatoms. The molecule has 1 heterocycles. The molecule has 84 valence electrons. The molecule has 0 radical (unpaired) electrons. The van der Waals surface area contributed by atoms with Crippen molar-refractivity contribution in [3.63, 3.8) is 0 Å². The smallest absolute Gasteiger partial charge is 0.259 e. The van der Waals surface area contributed by atoms with E-state index in [-0.39, 0.29) is 5.91 Å². The summed E-state index contributed by atoms with van der Waals surface area (Å²) in [7, 11) is 0. The van der Waals surface area contributed by atoms with Crippen LogP contribution < -0.4 is 10.1 Å². The van der Waals surface area contributed by atoms with E-state index in [1.807, 2.05) is 30.3 Å². The Morgan fingerprint density at radius 3 is 2.76 bits per heavy atom. The summed E-state index contributed by atoms with van der Waals surface area (Å²) in [6.45, 7) is 0. The second kappa shape index (κ2) is 3.89. The lowest BCUT2D eigenvalue weighted by atomic mass is 10.2. The summed E-state index contributed by atoms with van der Waals surface area (Å²) >= 11 is 3.34. The van der Waals surface area contributed by atoms with Crippen molar-refractivity contribution in [1.29, 1.82) is 0 Å². The highest BCUT2D eigenvalue weighted by Gasteiger charge is 2.20. The van der Waals surface area contributed by atoms with Crippen LogP contribution in [0.4, 0.5) is 5.69 Å². The maximum absolute atomic E-state index is 12.0. The predicted octanol–water partition coefficient (Wildman–Crippen LogP) is 3.81. The van der Waals surface area contributed by atoms with Gasteiger partial charge in [-0.1, -0.05) is 28.1 Å². The SMILES string of the molecule is O=C1Nc2ccccc2Oc2ccc(Br)cc21. The van der Waals surface area contributed by atoms with Gasteiger partial charge in [0.15, 0.2) is 5.75 Å². The minimum Gasteiger partial charge on any atom is -0.454 e. The number of benzene rings is 2. The average molecular weight is 290 g/mol. The average Bonchev–Trinajstić information content (AvgIpc) is 2.46. The Morgan fingerprint density at radius 1 is 1.06 bits per heavy atom. The van der Waals surface area contributed by atoms with Crippen molar-refractivity contribution >= 4 is 27.5 Å². The first-order valence-electron chi connectivity index (χ1n) is 5.12. The number of para-hydroxylation sites is 2. The maximum Gasteiger partial charge on any atom is 0.259 e. The van der Waals surface area contributed by atoms with Crippen LogP contribution in [-0.2, 0) is 0 Å². The Hall–Kier alpha value is -1.81. The van der Waals surface area contributed by atoms with Gasteiger partial charge >= 0.3 is 0 Å². The van der Waals surface area contributed by atoms with Gasteiger partial charge in [-0.2, -0.15) is 0 Å². The molecule has 0 bridgehead atoms. The number of carbonyl (C=O) groups is 1. The number of ether oxygens (including phenoxy) is 1. The lowest BCUT2D eigenvalue weighted by molar-refractivity contribution is 0.102. The minimum absolute atomic E-state index is 0.161. The maximum atomic E-state index is 12.0. The van der Waals surface area contributed by atoms with Gasteiger partial charge in [0.2, 0.25) is 0 Å². The predicted molar refractivity (Wildman–Crippen MR) is 68.6 cm³/mol. The summed E-state index contributed by atoms with van der Waals surface area (Å²) in [6.07, 6.45) is 0. The molecule has 17 heavy (non-hydrogen) atoms. The van der Waals surface area contributed by atoms with E-state index in [1.165, 1.54) is 0 Å². The van der Waals surface area contributed by atoms with E-state index in [0.717, 1.165) is 4.47 Å². The number of anilines is 1. The van der Waals surface area contributed by atoms with Crippen LogP contribution in [0.25, 0.3) is 0 Å². The molecular weight excluding hydrogens is 282 g/mol. The van der Waals surface area contributed by atoms with Gasteiger partial charge in [-0.05, 0) is 30.3 Å². The monoisotopic (exact) mass is 289 g/mol. The van der Waals surface area contributed by atoms with Gasteiger partial charge < -0.3 is 10.1 Å². The van der Waals surface area contributed by atoms with Crippen LogP contribution in [0.5, 0.6) is 11.5 Å². The number of halogens is 1. The molecule has 0 fully saturated rings. The van der Waals surface area contributed by atoms with Gasteiger partial charge in [-0.3, -0.25) is 4.79 Å². The molecule has 3 rings (SSSR count). The van der Waals surface area contributed by atoms with Crippen molar-refractivity contribution < 1.29 is 9.53 Å². The molecule has 0 atom stereocenters. The number of rotatable bonds is 0. The largest absolute Gasteiger partial charge is 0.454 e. The third kappa shape index (κ3) is 1.80. The van der Waals surface area contributed by atoms with E-state index in [1.54, 1.807) is 12.1 Å². The first kappa shape index (κ1) is 10.4. The fraction of sp³-hybridized carbons (Fsp3) is 0. The van der Waals surface area contributed by atoms with Gasteiger partial charge in [-0.15, -0.1) is 0 Å². The molecule has 0 saturated carbocycles. The van der Waals surface area contributed by atoms with Crippen LogP contribution in [0, 0.1) is 0 Å². The van der Waals surface area contributed by atoms with Gasteiger partial charge in [0.25, 0.3) is 5.91 Å². The van der Waals surface area contributed by atoms with Crippen LogP contribution in [-0.4, -0.2) is 5.91 Å². The fourth-order valence-electron chi connectivity index (χ4n) is 1.74. The second-order valence-corrected chi connectivity index (χ2v) is 4.61. The van der Waals surface area contributed by atoms with E-state index in [4.69, 9.17) is 4.74 Å². The Balaban J connectivity index is 2.17. The summed E-state index contributed by atoms with van der Waals surface area (Å²) in [5.41, 5.74) is 1.21. The normalized spacial score (nSPS) is 12.9. The van der Waals surface area contributed by atoms with Crippen molar-refractivity contribution in [2.45, 2.75) is 0 Å². The van der Waals surface area contributed by atoms with Crippen molar-refractivity contribution in [1.82, 2.24) is 0 Å². The lowest BCUT2D eigenvalue weighted by Gasteiger charge is -2.06. The van der Waals surface area contributed by atoms with E-state index in [2.05, 4.69) is 21.2 Å². The molecule has 0 unspecified atom stereocenters. The van der Waals surface area contributed by atoms with Gasteiger partial charge in [-0.25, -0.2) is 0 Å². The van der Waals surface area contributed by atoms with Crippen LogP contribution in [0.3, 0.4) is 0 Å². The molecule has 0 aliphatic carbocycles. The van der Waals surface area contributed by atoms with Crippen molar-refractivity contribution in [2.75, 3.05) is 5.32 Å². The standard InChI is InChI=1S/C13H8BrNO2/c14-8-5-6-11-9(7-8)13(16)15-10-3-1-2-4-12(10)17-11/h1-7H,(H,15,16). The van der Waals surface area contributed by atoms with Crippen LogP contribution in [0.2, 0.25) is 0 Å². The quantitative estimate of drug-likeness (QED) is 0.801. The van der Waals surface area contributed by atoms with Crippen molar-refractivity contribution in [3.8, 4) is 11.5 Å². The molecule has 1 N–H and O–H groups in total. The van der Waals surface area contributed by atoms with E-state index < -0.39 is 0 Å². The highest BCUT2D eigenvalue weighted by molar-refractivity contribution is 9.10. The van der Waals surface area contributed by atoms with E-state index in [9.17, 15) is 4.79 Å². The van der Waals surface area contributed by atoms with Crippen LogP contribution in [0.15, 0.2) is 46.9 Å². The molecule has 1 amide bonds. The number of hydrogen-bond acceptors (Lipinski definition) is 2. The number of amides is 1. The highest BCUT2D eigenvalue weighted by atomic mass is 79.9. The first-order valence-corrected chi connectivity index (χ1v) is 5.91. The van der Waals surface area contributed by atoms with Crippen LogP contribution >= 0.6 is 15.9 Å². The van der Waals surface area contributed by atoms with Gasteiger partial charge in [0.05, 0.1) is 11.3 Å². The van der Waals surface area contributed by atoms with E-state index in [0.29, 0.717) is 22.7 Å². The molecule has 1 aliphatic heterocycles. The van der Waals surface area contributed by atoms with Crippen LogP contribution in [0.1, 0.15) is 10.4 Å². The zero-order valence-electron chi connectivity index (χ0n) is 8.74. The first-order chi connectivity index (χ1) is 8.24. The van der Waals surface area contributed by atoms with Crippen molar-refractivity contribution in [3.05, 3.63) is 52.5 Å². The third-order valence-electron chi connectivity index (χ3n) is 2.54. The molecule has 3 nitrogen and oxygen atoms in total. The number of fused-ring (bicyclic) bond motifs is 2. The molecular formula is C13H8BrNO2. The highest BCUT2D eigenvalue weighted by Crippen LogP contribution is 2.36. The molecule has 0 saturated heterocycles. The summed E-state index contributed by atoms with van der Waals surface area (Å²) in [6, 6.07) is 12.7. The fourth-order valence-corrected chi connectivity index (χ4v) is 2.10. The molecule has 0 spiro atoms. The molecule has 2 aromatic carbocycles. The van der Waals surface area contributed by atoms with Gasteiger partial charge in [0.1, 0.15) is 5.75 Å². The summed E-state index contributed by atoms with van der Waals surface area (Å²) in [5.74, 6) is 1.06. The Morgan fingerprint density at radius 2 is 1.88 bits per heavy atom. The number of hydrogen-bond donors (Lipinski definition) is 1. The lowest BCUT2D eigenvalue weighted by Crippen LogP contribution is -2.10. The number of nitrogens with one attached hydrogen (secondary N) is 1. The molecule has 2 aromatic rings. The Bertz CT molecular complexity index is 610. The molecule has 1 aliphatic rings. The number of carbonyl (C=O) groups excluding carboxylic acids is 1. The third-order valence-corrected chi connectivity index (χ3v) is 3.03. The van der Waals surface area contributed by atoms with E-state index >= 15 is 0 Å². The Labute approximate surface area is 107 Å². The molecule has 0 aromatic heterocycles. The second-order valence-electron chi connectivity index (χ2n) is 3.69. The van der Waals surface area contributed by atoms with Gasteiger partial charge in [0, 0.05) is 4.47 Å². The zero-order chi connectivity index (χ0) is 11.8. The minimum atomic E-state index is -0.161. The zero-order valence-corrected chi connectivity index (χ0v) is 10.3. The Kier molecular flexibility index (Phi) is 2.37. The summed E-state index contributed by atoms with van der Waals surface area (Å²) in [5, 5.41) is 2.82. The topological polar surface area (TPSA) is 38.3 Å². The summed E-state index contributed by atoms with van der Waals surface area (Å²) < 4.78 is 6.57. The summed E-state index contributed by atoms with van der Waals surface area (Å²) in [4.78, 5) is 12.0.